The quantitative estimate of drug-likeness (QED) is 0.529. The van der Waals surface area contributed by atoms with Crippen LogP contribution in [0.4, 0.5) is 5.69 Å². The van der Waals surface area contributed by atoms with Gasteiger partial charge in [0.05, 0.1) is 11.4 Å². The first-order chi connectivity index (χ1) is 15.5. The normalized spacial score (nSPS) is 11.3. The molecule has 3 N–H and O–H groups in total. The summed E-state index contributed by atoms with van der Waals surface area (Å²) in [7, 11) is 0. The summed E-state index contributed by atoms with van der Waals surface area (Å²) in [6, 6.07) is 12.8. The van der Waals surface area contributed by atoms with Crippen LogP contribution < -0.4 is 21.7 Å². The highest BCUT2D eigenvalue weighted by atomic mass is 16.2. The highest BCUT2D eigenvalue weighted by Crippen LogP contribution is 2.18. The van der Waals surface area contributed by atoms with Gasteiger partial charge < -0.3 is 5.32 Å². The molecular weight excluding hydrogens is 422 g/mol. The van der Waals surface area contributed by atoms with Crippen LogP contribution in [0.1, 0.15) is 61.5 Å². The molecule has 2 aromatic carbocycles. The largest absolute Gasteiger partial charge is 0.326 e. The van der Waals surface area contributed by atoms with Gasteiger partial charge >= 0.3 is 0 Å². The van der Waals surface area contributed by atoms with Crippen LogP contribution >= 0.6 is 0 Å². The van der Waals surface area contributed by atoms with Gasteiger partial charge in [0.2, 0.25) is 5.91 Å². The van der Waals surface area contributed by atoms with E-state index in [1.165, 1.54) is 10.7 Å². The van der Waals surface area contributed by atoms with Crippen LogP contribution in [0.15, 0.2) is 53.3 Å². The number of hydrazine groups is 1. The number of aromatic nitrogens is 2. The molecule has 3 amide bonds. The zero-order valence-electron chi connectivity index (χ0n) is 19.2. The molecule has 0 unspecified atom stereocenters. The molecule has 9 heteroatoms. The van der Waals surface area contributed by atoms with E-state index in [2.05, 4.69) is 21.3 Å². The van der Waals surface area contributed by atoms with Gasteiger partial charge in [-0.15, -0.1) is 0 Å². The third-order valence-corrected chi connectivity index (χ3v) is 4.89. The lowest BCUT2D eigenvalue weighted by Crippen LogP contribution is -2.43. The van der Waals surface area contributed by atoms with Gasteiger partial charge in [-0.05, 0) is 38.1 Å². The zero-order chi connectivity index (χ0) is 24.3. The fourth-order valence-electron chi connectivity index (χ4n) is 3.03. The van der Waals surface area contributed by atoms with Crippen molar-refractivity contribution >= 4 is 34.2 Å². The van der Waals surface area contributed by atoms with Crippen molar-refractivity contribution in [1.29, 1.82) is 0 Å². The lowest BCUT2D eigenvalue weighted by molar-refractivity contribution is -0.123. The summed E-state index contributed by atoms with van der Waals surface area (Å²) in [6.07, 6.45) is 0. The van der Waals surface area contributed by atoms with Crippen LogP contribution in [0.5, 0.6) is 0 Å². The Bertz CT molecular complexity index is 1290. The standard InChI is InChI=1S/C24H27N5O4/c1-14(2)29-22(32)18-12-7-6-11-17(18)19(28-29)21(31)27-26-20(30)15-9-8-10-16(13-15)25-23(33)24(3,4)5/h6-14H,1-5H3,(H,25,33)(H,26,30)(H,27,31). The highest BCUT2D eigenvalue weighted by molar-refractivity contribution is 6.06. The van der Waals surface area contributed by atoms with Crippen molar-refractivity contribution in [3.8, 4) is 0 Å². The van der Waals surface area contributed by atoms with Gasteiger partial charge in [-0.3, -0.25) is 30.0 Å². The van der Waals surface area contributed by atoms with Crippen molar-refractivity contribution in [3.63, 3.8) is 0 Å². The van der Waals surface area contributed by atoms with Gasteiger partial charge in [-0.1, -0.05) is 45.0 Å². The number of rotatable bonds is 4. The van der Waals surface area contributed by atoms with E-state index >= 15 is 0 Å². The monoisotopic (exact) mass is 449 g/mol. The summed E-state index contributed by atoms with van der Waals surface area (Å²) in [5, 5.41) is 7.72. The van der Waals surface area contributed by atoms with E-state index in [0.29, 0.717) is 16.5 Å². The van der Waals surface area contributed by atoms with E-state index in [1.807, 2.05) is 0 Å². The number of carbonyl (C=O) groups excluding carboxylic acids is 3. The van der Waals surface area contributed by atoms with Crippen LogP contribution in [0.3, 0.4) is 0 Å². The summed E-state index contributed by atoms with van der Waals surface area (Å²) < 4.78 is 1.24. The third kappa shape index (κ3) is 5.25. The molecular formula is C24H27N5O4. The average Bonchev–Trinajstić information content (AvgIpc) is 2.77. The lowest BCUT2D eigenvalue weighted by atomic mass is 9.95. The number of amides is 3. The predicted molar refractivity (Wildman–Crippen MR) is 126 cm³/mol. The van der Waals surface area contributed by atoms with Crippen LogP contribution in [-0.2, 0) is 4.79 Å². The topological polar surface area (TPSA) is 122 Å². The van der Waals surface area contributed by atoms with Crippen molar-refractivity contribution in [2.24, 2.45) is 5.41 Å². The molecule has 0 aliphatic heterocycles. The fraction of sp³-hybridized carbons (Fsp3) is 0.292. The molecule has 0 aliphatic rings. The van der Waals surface area contributed by atoms with E-state index in [-0.39, 0.29) is 28.8 Å². The minimum Gasteiger partial charge on any atom is -0.326 e. The van der Waals surface area contributed by atoms with Crippen molar-refractivity contribution in [2.75, 3.05) is 5.32 Å². The zero-order valence-corrected chi connectivity index (χ0v) is 19.2. The lowest BCUT2D eigenvalue weighted by Gasteiger charge is -2.18. The number of anilines is 1. The molecule has 1 heterocycles. The van der Waals surface area contributed by atoms with Gasteiger partial charge in [0.1, 0.15) is 0 Å². The second-order valence-electron chi connectivity index (χ2n) is 8.93. The number of hydrogen-bond acceptors (Lipinski definition) is 5. The summed E-state index contributed by atoms with van der Waals surface area (Å²) in [5.74, 6) is -1.42. The second-order valence-corrected chi connectivity index (χ2v) is 8.93. The maximum Gasteiger partial charge on any atom is 0.290 e. The Labute approximate surface area is 191 Å². The van der Waals surface area contributed by atoms with E-state index in [0.717, 1.165) is 0 Å². The Morgan fingerprint density at radius 2 is 1.55 bits per heavy atom. The van der Waals surface area contributed by atoms with Crippen LogP contribution in [0.25, 0.3) is 10.8 Å². The Balaban J connectivity index is 1.79. The molecule has 0 atom stereocenters. The molecule has 0 aliphatic carbocycles. The molecule has 0 fully saturated rings. The van der Waals surface area contributed by atoms with Crippen molar-refractivity contribution in [1.82, 2.24) is 20.6 Å². The summed E-state index contributed by atoms with van der Waals surface area (Å²) in [4.78, 5) is 50.3. The fourth-order valence-corrected chi connectivity index (χ4v) is 3.03. The van der Waals surface area contributed by atoms with Crippen molar-refractivity contribution in [2.45, 2.75) is 40.7 Å². The summed E-state index contributed by atoms with van der Waals surface area (Å²) >= 11 is 0. The number of carbonyl (C=O) groups is 3. The van der Waals surface area contributed by atoms with Gasteiger partial charge in [-0.2, -0.15) is 5.10 Å². The molecule has 3 aromatic rings. The minimum absolute atomic E-state index is 0.0189. The van der Waals surface area contributed by atoms with Crippen LogP contribution in [0, 0.1) is 5.41 Å². The maximum atomic E-state index is 12.8. The average molecular weight is 450 g/mol. The van der Waals surface area contributed by atoms with Crippen LogP contribution in [0.2, 0.25) is 0 Å². The van der Waals surface area contributed by atoms with E-state index in [9.17, 15) is 19.2 Å². The molecule has 0 saturated heterocycles. The molecule has 1 aromatic heterocycles. The first kappa shape index (κ1) is 23.6. The predicted octanol–water partition coefficient (Wildman–Crippen LogP) is 3.04. The summed E-state index contributed by atoms with van der Waals surface area (Å²) in [5.41, 5.74) is 4.55. The number of hydrogen-bond donors (Lipinski definition) is 3. The van der Waals surface area contributed by atoms with Gasteiger partial charge in [0, 0.05) is 22.1 Å². The van der Waals surface area contributed by atoms with Crippen molar-refractivity contribution in [3.05, 3.63) is 70.1 Å². The molecule has 0 bridgehead atoms. The van der Waals surface area contributed by atoms with Gasteiger partial charge in [0.25, 0.3) is 17.4 Å². The second kappa shape index (κ2) is 9.23. The van der Waals surface area contributed by atoms with Crippen molar-refractivity contribution < 1.29 is 14.4 Å². The Kier molecular flexibility index (Phi) is 6.62. The SMILES string of the molecule is CC(C)n1nc(C(=O)NNC(=O)c2cccc(NC(=O)C(C)(C)C)c2)c2ccccc2c1=O. The number of benzene rings is 2. The van der Waals surface area contributed by atoms with Gasteiger partial charge in [-0.25, -0.2) is 4.68 Å². The number of nitrogens with zero attached hydrogens (tertiary/aromatic N) is 2. The Hall–Kier alpha value is -4.01. The molecule has 9 nitrogen and oxygen atoms in total. The van der Waals surface area contributed by atoms with E-state index in [1.54, 1.807) is 77.1 Å². The number of fused-ring (bicyclic) bond motifs is 1. The molecule has 0 spiro atoms. The number of nitrogens with one attached hydrogen (secondary N) is 3. The summed E-state index contributed by atoms with van der Waals surface area (Å²) in [6.45, 7) is 8.94. The highest BCUT2D eigenvalue weighted by Gasteiger charge is 2.22. The van der Waals surface area contributed by atoms with E-state index in [4.69, 9.17) is 0 Å². The van der Waals surface area contributed by atoms with E-state index < -0.39 is 17.2 Å². The van der Waals surface area contributed by atoms with Crippen LogP contribution in [-0.4, -0.2) is 27.5 Å². The molecule has 3 rings (SSSR count). The maximum absolute atomic E-state index is 12.8. The molecule has 172 valence electrons. The molecule has 0 radical (unpaired) electrons. The minimum atomic E-state index is -0.661. The first-order valence-electron chi connectivity index (χ1n) is 10.5. The first-order valence-corrected chi connectivity index (χ1v) is 10.5. The Morgan fingerprint density at radius 1 is 0.909 bits per heavy atom. The molecule has 0 saturated carbocycles. The third-order valence-electron chi connectivity index (χ3n) is 4.89. The Morgan fingerprint density at radius 3 is 2.18 bits per heavy atom. The molecule has 33 heavy (non-hydrogen) atoms. The smallest absolute Gasteiger partial charge is 0.290 e. The van der Waals surface area contributed by atoms with Gasteiger partial charge in [0.15, 0.2) is 5.69 Å².